The maximum absolute atomic E-state index is 13.2. The second kappa shape index (κ2) is 79.3. The molecule has 0 rings (SSSR count). The molecule has 0 aromatic heterocycles. The van der Waals surface area contributed by atoms with E-state index in [0.717, 1.165) is 108 Å². The lowest BCUT2D eigenvalue weighted by Gasteiger charge is -2.21. The molecule has 19 heteroatoms. The van der Waals surface area contributed by atoms with Crippen LogP contribution in [0, 0.1) is 11.8 Å². The Morgan fingerprint density at radius 2 is 0.477 bits per heavy atom. The molecular formula is C88H172O17P2. The Hall–Kier alpha value is -1.94. The van der Waals surface area contributed by atoms with E-state index in [2.05, 4.69) is 41.5 Å². The van der Waals surface area contributed by atoms with Crippen LogP contribution in [0.2, 0.25) is 0 Å². The molecule has 0 saturated heterocycles. The number of hydrogen-bond acceptors (Lipinski definition) is 15. The standard InChI is InChI=1S/C88H172O17P2/c1-7-10-12-14-16-18-19-20-21-22-23-24-25-29-32-37-42-47-53-59-65-71-86(91)99-77-84(105-88(93)72-66-60-54-48-43-38-33-30-27-26-28-31-36-41-46-51-57-63-69-81(6)9-3)79-103-107(96,97)101-75-82(89)74-100-106(94,95)102-78-83(76-98-85(90)70-64-58-52-17-15-13-11-8-2)104-87(92)73-67-61-55-49-44-39-34-35-40-45-50-56-62-68-80(4)5/h80-84,89H,7-79H2,1-6H3,(H,94,95)(H,96,97)/t81?,82-,83+,84+/m0/s1. The number of unbranched alkanes of at least 4 members (excludes halogenated alkanes) is 56. The van der Waals surface area contributed by atoms with Crippen molar-refractivity contribution in [3.63, 3.8) is 0 Å². The molecule has 0 saturated carbocycles. The predicted octanol–water partition coefficient (Wildman–Crippen LogP) is 27.0. The molecule has 0 aliphatic heterocycles. The van der Waals surface area contributed by atoms with Gasteiger partial charge >= 0.3 is 39.5 Å². The lowest BCUT2D eigenvalue weighted by molar-refractivity contribution is -0.161. The minimum Gasteiger partial charge on any atom is -0.462 e. The second-order valence-electron chi connectivity index (χ2n) is 32.4. The zero-order valence-corrected chi connectivity index (χ0v) is 72.2. The topological polar surface area (TPSA) is 237 Å². The molecule has 0 aliphatic carbocycles. The average Bonchev–Trinajstić information content (AvgIpc) is 0.903. The fraction of sp³-hybridized carbons (Fsp3) is 0.955. The first kappa shape index (κ1) is 105. The molecule has 3 N–H and O–H groups in total. The molecular weight excluding hydrogens is 1390 g/mol. The minimum atomic E-state index is -4.97. The van der Waals surface area contributed by atoms with E-state index < -0.39 is 97.5 Å². The Labute approximate surface area is 658 Å². The fourth-order valence-electron chi connectivity index (χ4n) is 13.7. The molecule has 0 aromatic rings. The number of carbonyl (C=O) groups excluding carboxylic acids is 4. The first-order valence-electron chi connectivity index (χ1n) is 45.5. The number of esters is 4. The minimum absolute atomic E-state index is 0.107. The Kier molecular flexibility index (Phi) is 77.9. The van der Waals surface area contributed by atoms with Crippen molar-refractivity contribution < 1.29 is 80.2 Å². The van der Waals surface area contributed by atoms with Gasteiger partial charge in [0.25, 0.3) is 0 Å². The number of phosphoric acid groups is 2. The van der Waals surface area contributed by atoms with Crippen LogP contribution in [0.15, 0.2) is 0 Å². The van der Waals surface area contributed by atoms with Crippen LogP contribution < -0.4 is 0 Å². The van der Waals surface area contributed by atoms with Crippen LogP contribution in [0.25, 0.3) is 0 Å². The number of rotatable bonds is 87. The Morgan fingerprint density at radius 3 is 0.710 bits per heavy atom. The van der Waals surface area contributed by atoms with Crippen LogP contribution in [0.5, 0.6) is 0 Å². The van der Waals surface area contributed by atoms with E-state index in [1.54, 1.807) is 0 Å². The normalized spacial score (nSPS) is 14.0. The van der Waals surface area contributed by atoms with E-state index in [1.807, 2.05) is 0 Å². The van der Waals surface area contributed by atoms with E-state index in [0.29, 0.717) is 25.7 Å². The molecule has 107 heavy (non-hydrogen) atoms. The average molecular weight is 1560 g/mol. The summed E-state index contributed by atoms with van der Waals surface area (Å²) in [5, 5.41) is 10.7. The van der Waals surface area contributed by atoms with Gasteiger partial charge in [0.05, 0.1) is 26.4 Å². The van der Waals surface area contributed by atoms with E-state index >= 15 is 0 Å². The van der Waals surface area contributed by atoms with Crippen LogP contribution >= 0.6 is 15.6 Å². The summed E-state index contributed by atoms with van der Waals surface area (Å²) in [7, 11) is -9.93. The van der Waals surface area contributed by atoms with Gasteiger partial charge in [0.15, 0.2) is 12.2 Å². The van der Waals surface area contributed by atoms with Crippen molar-refractivity contribution in [2.45, 2.75) is 490 Å². The number of phosphoric ester groups is 2. The van der Waals surface area contributed by atoms with Crippen molar-refractivity contribution in [2.24, 2.45) is 11.8 Å². The Morgan fingerprint density at radius 1 is 0.271 bits per heavy atom. The van der Waals surface area contributed by atoms with Gasteiger partial charge < -0.3 is 33.8 Å². The number of aliphatic hydroxyl groups is 1. The highest BCUT2D eigenvalue weighted by atomic mass is 31.2. The molecule has 17 nitrogen and oxygen atoms in total. The summed E-state index contributed by atoms with van der Waals surface area (Å²) in [6, 6.07) is 0. The van der Waals surface area contributed by atoms with Crippen molar-refractivity contribution in [1.82, 2.24) is 0 Å². The maximum atomic E-state index is 13.2. The van der Waals surface area contributed by atoms with Crippen molar-refractivity contribution >= 4 is 39.5 Å². The number of hydrogen-bond donors (Lipinski definition) is 3. The molecule has 0 radical (unpaired) electrons. The van der Waals surface area contributed by atoms with Crippen molar-refractivity contribution in [2.75, 3.05) is 39.6 Å². The first-order valence-corrected chi connectivity index (χ1v) is 48.5. The third-order valence-corrected chi connectivity index (χ3v) is 23.0. The molecule has 0 amide bonds. The first-order chi connectivity index (χ1) is 51.9. The third kappa shape index (κ3) is 80.5. The monoisotopic (exact) mass is 1560 g/mol. The molecule has 636 valence electrons. The van der Waals surface area contributed by atoms with Gasteiger partial charge in [0, 0.05) is 25.7 Å². The van der Waals surface area contributed by atoms with E-state index in [4.69, 9.17) is 37.0 Å². The van der Waals surface area contributed by atoms with Gasteiger partial charge in [-0.2, -0.15) is 0 Å². The van der Waals surface area contributed by atoms with Gasteiger partial charge in [-0.05, 0) is 37.5 Å². The molecule has 0 bridgehead atoms. The second-order valence-corrected chi connectivity index (χ2v) is 35.3. The maximum Gasteiger partial charge on any atom is 0.472 e. The zero-order chi connectivity index (χ0) is 78.5. The molecule has 0 heterocycles. The summed E-state index contributed by atoms with van der Waals surface area (Å²) in [6.45, 7) is 9.73. The highest BCUT2D eigenvalue weighted by Crippen LogP contribution is 2.45. The van der Waals surface area contributed by atoms with Crippen LogP contribution in [-0.2, 0) is 65.4 Å². The summed E-state index contributed by atoms with van der Waals surface area (Å²) in [4.78, 5) is 73.2. The zero-order valence-electron chi connectivity index (χ0n) is 70.5. The highest BCUT2D eigenvalue weighted by molar-refractivity contribution is 7.47. The predicted molar refractivity (Wildman–Crippen MR) is 442 cm³/mol. The van der Waals surface area contributed by atoms with Crippen LogP contribution in [-0.4, -0.2) is 96.7 Å². The largest absolute Gasteiger partial charge is 0.472 e. The number of aliphatic hydroxyl groups excluding tert-OH is 1. The molecule has 3 unspecified atom stereocenters. The van der Waals surface area contributed by atoms with Crippen molar-refractivity contribution in [3.05, 3.63) is 0 Å². The smallest absolute Gasteiger partial charge is 0.462 e. The lowest BCUT2D eigenvalue weighted by atomic mass is 9.99. The van der Waals surface area contributed by atoms with E-state index in [1.165, 1.54) is 283 Å². The SMILES string of the molecule is CCCCCCCCCCCCCCCCCCCCCCCC(=O)OC[C@H](COP(=O)(O)OC[C@@H](O)COP(=O)(O)OC[C@@H](COC(=O)CCCCCCCCCC)OC(=O)CCCCCCCCCCCCCCCC(C)C)OC(=O)CCCCCCCCCCCCCCCCCCCCC(C)CC. The van der Waals surface area contributed by atoms with Gasteiger partial charge in [0.2, 0.25) is 0 Å². The fourth-order valence-corrected chi connectivity index (χ4v) is 15.3. The van der Waals surface area contributed by atoms with Gasteiger partial charge in [-0.1, -0.05) is 420 Å². The van der Waals surface area contributed by atoms with Crippen LogP contribution in [0.4, 0.5) is 0 Å². The van der Waals surface area contributed by atoms with Gasteiger partial charge in [-0.3, -0.25) is 37.3 Å². The third-order valence-electron chi connectivity index (χ3n) is 21.1. The van der Waals surface area contributed by atoms with Crippen molar-refractivity contribution in [1.29, 1.82) is 0 Å². The molecule has 0 aromatic carbocycles. The quantitative estimate of drug-likeness (QED) is 0.0222. The van der Waals surface area contributed by atoms with Crippen LogP contribution in [0.1, 0.15) is 472 Å². The summed E-state index contributed by atoms with van der Waals surface area (Å²) >= 11 is 0. The number of carbonyl (C=O) groups is 4. The summed E-state index contributed by atoms with van der Waals surface area (Å²) in [5.74, 6) is -0.446. The Balaban J connectivity index is 5.18. The van der Waals surface area contributed by atoms with Gasteiger partial charge in [-0.15, -0.1) is 0 Å². The summed E-state index contributed by atoms with van der Waals surface area (Å²) < 4.78 is 68.9. The van der Waals surface area contributed by atoms with E-state index in [9.17, 15) is 43.2 Å². The number of ether oxygens (including phenoxy) is 4. The molecule has 6 atom stereocenters. The van der Waals surface area contributed by atoms with Gasteiger partial charge in [-0.25, -0.2) is 9.13 Å². The summed E-state index contributed by atoms with van der Waals surface area (Å²) in [6.07, 6.45) is 72.4. The Bertz CT molecular complexity index is 2050. The molecule has 0 spiro atoms. The molecule has 0 aliphatic rings. The lowest BCUT2D eigenvalue weighted by Crippen LogP contribution is -2.30. The van der Waals surface area contributed by atoms with E-state index in [-0.39, 0.29) is 25.7 Å². The summed E-state index contributed by atoms with van der Waals surface area (Å²) in [5.41, 5.74) is 0. The van der Waals surface area contributed by atoms with Crippen LogP contribution in [0.3, 0.4) is 0 Å². The van der Waals surface area contributed by atoms with Crippen molar-refractivity contribution in [3.8, 4) is 0 Å². The van der Waals surface area contributed by atoms with Gasteiger partial charge in [0.1, 0.15) is 19.3 Å². The molecule has 0 fully saturated rings. The highest BCUT2D eigenvalue weighted by Gasteiger charge is 2.31.